The van der Waals surface area contributed by atoms with Crippen molar-refractivity contribution in [1.29, 1.82) is 0 Å². The van der Waals surface area contributed by atoms with E-state index in [1.165, 1.54) is 0 Å². The van der Waals surface area contributed by atoms with Gasteiger partial charge in [-0.05, 0) is 19.8 Å². The van der Waals surface area contributed by atoms with Gasteiger partial charge in [0.05, 0.1) is 6.61 Å². The van der Waals surface area contributed by atoms with E-state index in [1.54, 1.807) is 0 Å². The topological polar surface area (TPSA) is 49.8 Å². The first kappa shape index (κ1) is 12.5. The van der Waals surface area contributed by atoms with Crippen LogP contribution < -0.4 is 0 Å². The van der Waals surface area contributed by atoms with Crippen LogP contribution in [0, 0.1) is 5.92 Å². The predicted octanol–water partition coefficient (Wildman–Crippen LogP) is 0.644. The summed E-state index contributed by atoms with van der Waals surface area (Å²) in [5.74, 6) is 0.654. The van der Waals surface area contributed by atoms with Crippen LogP contribution in [0.2, 0.25) is 0 Å². The van der Waals surface area contributed by atoms with E-state index < -0.39 is 0 Å². The minimum atomic E-state index is 0.0931. The van der Waals surface area contributed by atoms with Gasteiger partial charge in [0, 0.05) is 38.6 Å². The van der Waals surface area contributed by atoms with E-state index in [9.17, 15) is 4.79 Å². The lowest BCUT2D eigenvalue weighted by Crippen LogP contribution is -2.35. The molecule has 1 aliphatic heterocycles. The minimum absolute atomic E-state index is 0.0931. The average molecular weight is 215 g/mol. The Labute approximate surface area is 91.2 Å². The molecule has 1 aliphatic rings. The van der Waals surface area contributed by atoms with E-state index in [-0.39, 0.29) is 12.5 Å². The smallest absolute Gasteiger partial charge is 0.222 e. The largest absolute Gasteiger partial charge is 0.396 e. The molecule has 0 radical (unpaired) electrons. The first-order valence-electron chi connectivity index (χ1n) is 5.74. The van der Waals surface area contributed by atoms with E-state index >= 15 is 0 Å². The molecule has 4 heteroatoms. The van der Waals surface area contributed by atoms with E-state index in [2.05, 4.69) is 0 Å². The number of amides is 1. The molecule has 0 spiro atoms. The second kappa shape index (κ2) is 6.80. The molecule has 1 atom stereocenters. The van der Waals surface area contributed by atoms with Gasteiger partial charge in [0.15, 0.2) is 0 Å². The van der Waals surface area contributed by atoms with Crippen LogP contribution in [-0.4, -0.2) is 48.8 Å². The molecule has 1 N–H and O–H groups in total. The van der Waals surface area contributed by atoms with Crippen molar-refractivity contribution in [3.05, 3.63) is 0 Å². The van der Waals surface area contributed by atoms with Crippen LogP contribution in [0.25, 0.3) is 0 Å². The molecule has 1 rings (SSSR count). The molecule has 4 nitrogen and oxygen atoms in total. The summed E-state index contributed by atoms with van der Waals surface area (Å²) in [4.78, 5) is 13.6. The second-order valence-electron chi connectivity index (χ2n) is 3.99. The van der Waals surface area contributed by atoms with Crippen LogP contribution in [0.4, 0.5) is 0 Å². The van der Waals surface area contributed by atoms with Gasteiger partial charge in [0.2, 0.25) is 5.91 Å². The van der Waals surface area contributed by atoms with Crippen molar-refractivity contribution in [2.75, 3.05) is 32.9 Å². The quantitative estimate of drug-likeness (QED) is 0.707. The van der Waals surface area contributed by atoms with Gasteiger partial charge < -0.3 is 14.7 Å². The molecule has 15 heavy (non-hydrogen) atoms. The molecular formula is C11H21NO3. The molecule has 1 amide bonds. The Bertz CT molecular complexity index is 190. The van der Waals surface area contributed by atoms with Gasteiger partial charge in [-0.2, -0.15) is 0 Å². The fraction of sp³-hybridized carbons (Fsp3) is 0.909. The molecule has 0 aliphatic carbocycles. The van der Waals surface area contributed by atoms with Crippen molar-refractivity contribution < 1.29 is 14.6 Å². The Balaban J connectivity index is 2.29. The van der Waals surface area contributed by atoms with Crippen LogP contribution in [0.5, 0.6) is 0 Å². The summed E-state index contributed by atoms with van der Waals surface area (Å²) in [6.07, 6.45) is 2.08. The molecule has 0 aromatic carbocycles. The van der Waals surface area contributed by atoms with E-state index in [4.69, 9.17) is 9.84 Å². The minimum Gasteiger partial charge on any atom is -0.396 e. The van der Waals surface area contributed by atoms with Crippen LogP contribution >= 0.6 is 0 Å². The molecule has 0 aromatic rings. The molecule has 1 heterocycles. The van der Waals surface area contributed by atoms with Crippen molar-refractivity contribution >= 4 is 5.91 Å². The van der Waals surface area contributed by atoms with Crippen molar-refractivity contribution in [3.8, 4) is 0 Å². The molecule has 0 aromatic heterocycles. The molecule has 0 saturated carbocycles. The number of aliphatic hydroxyl groups is 1. The van der Waals surface area contributed by atoms with Crippen LogP contribution in [0.1, 0.15) is 26.2 Å². The fourth-order valence-electron chi connectivity index (χ4n) is 1.83. The zero-order valence-corrected chi connectivity index (χ0v) is 9.45. The van der Waals surface area contributed by atoms with Crippen LogP contribution in [0.15, 0.2) is 0 Å². The Morgan fingerprint density at radius 3 is 2.93 bits per heavy atom. The number of ether oxygens (including phenoxy) is 1. The normalized spacial score (nSPS) is 20.5. The number of rotatable bonds is 6. The number of carbonyl (C=O) groups is 1. The van der Waals surface area contributed by atoms with Gasteiger partial charge in [0.1, 0.15) is 0 Å². The molecular weight excluding hydrogens is 194 g/mol. The Morgan fingerprint density at radius 2 is 2.40 bits per heavy atom. The number of hydrogen-bond donors (Lipinski definition) is 1. The molecule has 88 valence electrons. The van der Waals surface area contributed by atoms with Crippen molar-refractivity contribution in [2.45, 2.75) is 26.2 Å². The maximum absolute atomic E-state index is 11.7. The maximum atomic E-state index is 11.7. The van der Waals surface area contributed by atoms with Gasteiger partial charge in [-0.1, -0.05) is 0 Å². The lowest BCUT2D eigenvalue weighted by molar-refractivity contribution is -0.131. The van der Waals surface area contributed by atoms with Gasteiger partial charge in [-0.25, -0.2) is 0 Å². The van der Waals surface area contributed by atoms with Gasteiger partial charge in [-0.3, -0.25) is 4.79 Å². The number of aliphatic hydroxyl groups excluding tert-OH is 1. The highest BCUT2D eigenvalue weighted by Crippen LogP contribution is 2.14. The second-order valence-corrected chi connectivity index (χ2v) is 3.99. The van der Waals surface area contributed by atoms with E-state index in [1.807, 2.05) is 11.8 Å². The highest BCUT2D eigenvalue weighted by atomic mass is 16.5. The lowest BCUT2D eigenvalue weighted by Gasteiger charge is -2.23. The Hall–Kier alpha value is -0.610. The number of carbonyl (C=O) groups excluding carboxylic acids is 1. The van der Waals surface area contributed by atoms with Gasteiger partial charge >= 0.3 is 0 Å². The number of nitrogens with zero attached hydrogens (tertiary/aromatic N) is 1. The molecule has 0 bridgehead atoms. The zero-order chi connectivity index (χ0) is 11.1. The average Bonchev–Trinajstić information content (AvgIpc) is 2.75. The third kappa shape index (κ3) is 4.18. The van der Waals surface area contributed by atoms with E-state index in [0.29, 0.717) is 18.8 Å². The highest BCUT2D eigenvalue weighted by Gasteiger charge is 2.20. The lowest BCUT2D eigenvalue weighted by atomic mass is 10.1. The standard InChI is InChI=1S/C11H21NO3/c1-2-12(11(14)4-3-6-13)8-10-5-7-15-9-10/h10,13H,2-9H2,1H3. The monoisotopic (exact) mass is 215 g/mol. The highest BCUT2D eigenvalue weighted by molar-refractivity contribution is 5.76. The Morgan fingerprint density at radius 1 is 1.60 bits per heavy atom. The Kier molecular flexibility index (Phi) is 5.65. The summed E-state index contributed by atoms with van der Waals surface area (Å²) < 4.78 is 5.29. The summed E-state index contributed by atoms with van der Waals surface area (Å²) in [5, 5.41) is 8.66. The summed E-state index contributed by atoms with van der Waals surface area (Å²) in [6, 6.07) is 0. The number of hydrogen-bond acceptors (Lipinski definition) is 3. The van der Waals surface area contributed by atoms with Crippen molar-refractivity contribution in [2.24, 2.45) is 5.92 Å². The summed E-state index contributed by atoms with van der Waals surface area (Å²) in [6.45, 7) is 5.25. The van der Waals surface area contributed by atoms with Crippen molar-refractivity contribution in [1.82, 2.24) is 4.90 Å². The summed E-state index contributed by atoms with van der Waals surface area (Å²) in [5.41, 5.74) is 0. The molecule has 1 saturated heterocycles. The van der Waals surface area contributed by atoms with E-state index in [0.717, 1.165) is 32.7 Å². The predicted molar refractivity (Wildman–Crippen MR) is 57.5 cm³/mol. The first-order valence-corrected chi connectivity index (χ1v) is 5.74. The zero-order valence-electron chi connectivity index (χ0n) is 9.45. The molecule has 1 unspecified atom stereocenters. The van der Waals surface area contributed by atoms with Crippen LogP contribution in [-0.2, 0) is 9.53 Å². The third-order valence-corrected chi connectivity index (χ3v) is 2.79. The van der Waals surface area contributed by atoms with Gasteiger partial charge in [0.25, 0.3) is 0 Å². The summed E-state index contributed by atoms with van der Waals surface area (Å²) in [7, 11) is 0. The molecule has 1 fully saturated rings. The fourth-order valence-corrected chi connectivity index (χ4v) is 1.83. The van der Waals surface area contributed by atoms with Crippen LogP contribution in [0.3, 0.4) is 0 Å². The van der Waals surface area contributed by atoms with Crippen molar-refractivity contribution in [3.63, 3.8) is 0 Å². The third-order valence-electron chi connectivity index (χ3n) is 2.79. The maximum Gasteiger partial charge on any atom is 0.222 e. The first-order chi connectivity index (χ1) is 7.27. The summed E-state index contributed by atoms with van der Waals surface area (Å²) >= 11 is 0. The SMILES string of the molecule is CCN(CC1CCOC1)C(=O)CCCO. The van der Waals surface area contributed by atoms with Gasteiger partial charge in [-0.15, -0.1) is 0 Å².